The van der Waals surface area contributed by atoms with Gasteiger partial charge in [0.25, 0.3) is 0 Å². The molecule has 8 nitrogen and oxygen atoms in total. The van der Waals surface area contributed by atoms with Crippen molar-refractivity contribution in [1.29, 1.82) is 5.26 Å². The molecule has 1 fully saturated rings. The van der Waals surface area contributed by atoms with Crippen molar-refractivity contribution >= 4 is 28.8 Å². The van der Waals surface area contributed by atoms with Crippen molar-refractivity contribution in [3.05, 3.63) is 35.8 Å². The summed E-state index contributed by atoms with van der Waals surface area (Å²) in [6.07, 6.45) is 2.18. The van der Waals surface area contributed by atoms with Crippen molar-refractivity contribution in [2.45, 2.75) is 54.7 Å². The smallest absolute Gasteiger partial charge is 0.329 e. The Hall–Kier alpha value is -2.99. The molecule has 1 saturated carbocycles. The van der Waals surface area contributed by atoms with Crippen molar-refractivity contribution in [1.82, 2.24) is 24.7 Å². The molecule has 4 rings (SSSR count). The summed E-state index contributed by atoms with van der Waals surface area (Å²) in [5.41, 5.74) is 1.57. The fourth-order valence-electron chi connectivity index (χ4n) is 3.12. The molecule has 0 saturated heterocycles. The van der Waals surface area contributed by atoms with Crippen LogP contribution in [0.5, 0.6) is 0 Å². The highest BCUT2D eigenvalue weighted by atomic mass is 32.2. The number of para-hydroxylation sites is 2. The van der Waals surface area contributed by atoms with E-state index in [0.29, 0.717) is 27.3 Å². The van der Waals surface area contributed by atoms with Gasteiger partial charge in [0.2, 0.25) is 0 Å². The Morgan fingerprint density at radius 1 is 1.24 bits per heavy atom. The maximum atomic E-state index is 12.2. The summed E-state index contributed by atoms with van der Waals surface area (Å²) >= 11 is 1.29. The van der Waals surface area contributed by atoms with Crippen LogP contribution in [0.2, 0.25) is 0 Å². The zero-order chi connectivity index (χ0) is 20.5. The molecule has 0 N–H and O–H groups in total. The van der Waals surface area contributed by atoms with E-state index in [0.717, 1.165) is 18.7 Å². The van der Waals surface area contributed by atoms with Crippen molar-refractivity contribution in [3.8, 4) is 6.07 Å². The Labute approximate surface area is 172 Å². The summed E-state index contributed by atoms with van der Waals surface area (Å²) in [4.78, 5) is 21.5. The molecule has 2 heterocycles. The highest BCUT2D eigenvalue weighted by molar-refractivity contribution is 7.99. The second-order valence-electron chi connectivity index (χ2n) is 7.19. The van der Waals surface area contributed by atoms with Gasteiger partial charge < -0.3 is 9.30 Å². The maximum Gasteiger partial charge on any atom is 0.329 e. The van der Waals surface area contributed by atoms with Gasteiger partial charge >= 0.3 is 5.97 Å². The second-order valence-corrected chi connectivity index (χ2v) is 8.14. The lowest BCUT2D eigenvalue weighted by atomic mass is 10.1. The third-order valence-corrected chi connectivity index (χ3v) is 5.67. The fraction of sp³-hybridized carbons (Fsp3) is 0.400. The predicted molar refractivity (Wildman–Crippen MR) is 106 cm³/mol. The number of rotatable bonds is 6. The van der Waals surface area contributed by atoms with Crippen LogP contribution in [-0.2, 0) is 9.53 Å². The number of carbonyl (C=O) groups excluding carboxylic acids is 1. The van der Waals surface area contributed by atoms with E-state index in [1.54, 1.807) is 6.07 Å². The van der Waals surface area contributed by atoms with Gasteiger partial charge in [-0.1, -0.05) is 26.0 Å². The number of nitriles is 1. The molecule has 0 spiro atoms. The Morgan fingerprint density at radius 3 is 2.52 bits per heavy atom. The number of esters is 1. The van der Waals surface area contributed by atoms with Gasteiger partial charge in [-0.2, -0.15) is 5.26 Å². The molecule has 29 heavy (non-hydrogen) atoms. The Kier molecular flexibility index (Phi) is 5.20. The minimum Gasteiger partial charge on any atom is -0.468 e. The first-order chi connectivity index (χ1) is 14.0. The summed E-state index contributed by atoms with van der Waals surface area (Å²) in [5.74, 6) is -0.663. The molecule has 1 unspecified atom stereocenters. The number of carbonyl (C=O) groups is 1. The quantitative estimate of drug-likeness (QED) is 0.569. The van der Waals surface area contributed by atoms with Crippen molar-refractivity contribution in [2.24, 2.45) is 0 Å². The van der Waals surface area contributed by atoms with Crippen molar-refractivity contribution < 1.29 is 9.53 Å². The number of hydrogen-bond acceptors (Lipinski definition) is 8. The van der Waals surface area contributed by atoms with Crippen LogP contribution in [-0.4, -0.2) is 37.8 Å². The van der Waals surface area contributed by atoms with Gasteiger partial charge in [0, 0.05) is 12.0 Å². The molecule has 148 valence electrons. The monoisotopic (exact) mass is 408 g/mol. The molecular weight excluding hydrogens is 388 g/mol. The zero-order valence-corrected chi connectivity index (χ0v) is 17.2. The normalized spacial score (nSPS) is 14.7. The molecule has 0 radical (unpaired) electrons. The van der Waals surface area contributed by atoms with Crippen LogP contribution in [0.15, 0.2) is 34.4 Å². The molecule has 2 aromatic heterocycles. The molecular formula is C20H20N6O2S. The largest absolute Gasteiger partial charge is 0.468 e. The second kappa shape index (κ2) is 7.79. The molecule has 0 amide bonds. The summed E-state index contributed by atoms with van der Waals surface area (Å²) in [6, 6.07) is 9.74. The van der Waals surface area contributed by atoms with E-state index in [1.807, 2.05) is 24.3 Å². The Morgan fingerprint density at radius 2 is 1.93 bits per heavy atom. The maximum absolute atomic E-state index is 12.2. The van der Waals surface area contributed by atoms with Crippen LogP contribution in [0.4, 0.5) is 0 Å². The Bertz CT molecular complexity index is 1120. The van der Waals surface area contributed by atoms with Gasteiger partial charge in [0.1, 0.15) is 16.5 Å². The molecule has 1 atom stereocenters. The van der Waals surface area contributed by atoms with Gasteiger partial charge in [-0.25, -0.2) is 9.97 Å². The van der Waals surface area contributed by atoms with E-state index in [4.69, 9.17) is 9.72 Å². The third-order valence-electron chi connectivity index (χ3n) is 4.71. The standard InChI is InChI=1S/C20H20N6O2S/c1-11(2)17-24-25-20(26(17)12-8-9-12)29-18-16(13(10-21)19(27)28-3)22-14-6-4-5-7-15(14)23-18/h4-7,11-13H,8-9H2,1-3H3. The zero-order valence-electron chi connectivity index (χ0n) is 16.4. The molecule has 0 aliphatic heterocycles. The lowest BCUT2D eigenvalue weighted by Gasteiger charge is -2.14. The Balaban J connectivity index is 1.84. The first-order valence-electron chi connectivity index (χ1n) is 9.40. The first kappa shape index (κ1) is 19.3. The van der Waals surface area contributed by atoms with Gasteiger partial charge in [-0.05, 0) is 36.7 Å². The summed E-state index contributed by atoms with van der Waals surface area (Å²) in [7, 11) is 1.26. The molecule has 1 aliphatic carbocycles. The van der Waals surface area contributed by atoms with Crippen LogP contribution in [0.1, 0.15) is 56.1 Å². The van der Waals surface area contributed by atoms with Crippen molar-refractivity contribution in [2.75, 3.05) is 7.11 Å². The average molecular weight is 408 g/mol. The van der Waals surface area contributed by atoms with E-state index >= 15 is 0 Å². The summed E-state index contributed by atoms with van der Waals surface area (Å²) in [6.45, 7) is 4.17. The number of aromatic nitrogens is 5. The topological polar surface area (TPSA) is 107 Å². The highest BCUT2D eigenvalue weighted by Crippen LogP contribution is 2.42. The van der Waals surface area contributed by atoms with E-state index in [1.165, 1.54) is 18.9 Å². The summed E-state index contributed by atoms with van der Waals surface area (Å²) in [5, 5.41) is 19.5. The predicted octanol–water partition coefficient (Wildman–Crippen LogP) is 3.61. The number of ether oxygens (including phenoxy) is 1. The van der Waals surface area contributed by atoms with E-state index in [9.17, 15) is 10.1 Å². The van der Waals surface area contributed by atoms with Crippen LogP contribution < -0.4 is 0 Å². The highest BCUT2D eigenvalue weighted by Gasteiger charge is 2.33. The number of hydrogen-bond donors (Lipinski definition) is 0. The molecule has 3 aromatic rings. The van der Waals surface area contributed by atoms with Crippen LogP contribution in [0.3, 0.4) is 0 Å². The van der Waals surface area contributed by atoms with Gasteiger partial charge in [-0.15, -0.1) is 10.2 Å². The van der Waals surface area contributed by atoms with Gasteiger partial charge in [0.15, 0.2) is 11.1 Å². The number of fused-ring (bicyclic) bond motifs is 1. The fourth-order valence-corrected chi connectivity index (χ4v) is 4.13. The van der Waals surface area contributed by atoms with Gasteiger partial charge in [-0.3, -0.25) is 4.79 Å². The van der Waals surface area contributed by atoms with Crippen LogP contribution in [0, 0.1) is 11.3 Å². The average Bonchev–Trinajstić information content (AvgIpc) is 3.48. The molecule has 1 aliphatic rings. The lowest BCUT2D eigenvalue weighted by molar-refractivity contribution is -0.141. The van der Waals surface area contributed by atoms with Crippen LogP contribution >= 0.6 is 11.8 Å². The molecule has 0 bridgehead atoms. The summed E-state index contributed by atoms with van der Waals surface area (Å²) < 4.78 is 6.96. The van der Waals surface area contributed by atoms with Gasteiger partial charge in [0.05, 0.1) is 24.2 Å². The first-order valence-corrected chi connectivity index (χ1v) is 10.2. The molecule has 9 heteroatoms. The SMILES string of the molecule is COC(=O)C(C#N)c1nc2ccccc2nc1Sc1nnc(C(C)C)n1C1CC1. The minimum absolute atomic E-state index is 0.238. The van der Waals surface area contributed by atoms with E-state index < -0.39 is 11.9 Å². The number of methoxy groups -OCH3 is 1. The third kappa shape index (κ3) is 3.68. The van der Waals surface area contributed by atoms with Crippen molar-refractivity contribution in [3.63, 3.8) is 0 Å². The van der Waals surface area contributed by atoms with Crippen LogP contribution in [0.25, 0.3) is 11.0 Å². The van der Waals surface area contributed by atoms with E-state index in [-0.39, 0.29) is 11.6 Å². The number of benzene rings is 1. The minimum atomic E-state index is -1.17. The number of nitrogens with zero attached hydrogens (tertiary/aromatic N) is 6. The van der Waals surface area contributed by atoms with E-state index in [2.05, 4.69) is 33.6 Å². The lowest BCUT2D eigenvalue weighted by Crippen LogP contribution is -2.16. The molecule has 1 aromatic carbocycles.